The summed E-state index contributed by atoms with van der Waals surface area (Å²) in [6.07, 6.45) is 2.29. The molecule has 0 fully saturated rings. The number of amides is 1. The van der Waals surface area contributed by atoms with Crippen molar-refractivity contribution in [2.24, 2.45) is 0 Å². The minimum atomic E-state index is -0.211. The third kappa shape index (κ3) is 3.11. The van der Waals surface area contributed by atoms with E-state index in [0.717, 1.165) is 22.9 Å². The molecule has 0 aliphatic carbocycles. The number of carbonyl (C=O) groups is 1. The van der Waals surface area contributed by atoms with Gasteiger partial charge in [-0.15, -0.1) is 5.10 Å². The molecule has 0 aliphatic heterocycles. The van der Waals surface area contributed by atoms with Crippen molar-refractivity contribution in [2.45, 2.75) is 27.2 Å². The second kappa shape index (κ2) is 6.25. The van der Waals surface area contributed by atoms with Crippen LogP contribution in [0.5, 0.6) is 0 Å². The molecule has 0 aromatic carbocycles. The van der Waals surface area contributed by atoms with Crippen molar-refractivity contribution in [3.63, 3.8) is 0 Å². The van der Waals surface area contributed by atoms with Crippen LogP contribution in [0.1, 0.15) is 33.7 Å². The number of hydrogen-bond acceptors (Lipinski definition) is 6. The summed E-state index contributed by atoms with van der Waals surface area (Å²) < 4.78 is 5.59. The van der Waals surface area contributed by atoms with Gasteiger partial charge >= 0.3 is 0 Å². The van der Waals surface area contributed by atoms with Crippen LogP contribution in [0, 0.1) is 13.8 Å². The Labute approximate surface area is 137 Å². The van der Waals surface area contributed by atoms with Crippen molar-refractivity contribution in [1.29, 1.82) is 0 Å². The molecule has 118 valence electrons. The van der Waals surface area contributed by atoms with E-state index in [9.17, 15) is 4.79 Å². The molecule has 0 aliphatic rings. The largest absolute Gasteiger partial charge is 0.320 e. The smallest absolute Gasteiger partial charge is 0.269 e. The topological polar surface area (TPSA) is 85.6 Å². The van der Waals surface area contributed by atoms with Gasteiger partial charge in [0, 0.05) is 5.69 Å². The average Bonchev–Trinajstić information content (AvgIpc) is 3.14. The van der Waals surface area contributed by atoms with Gasteiger partial charge in [0.1, 0.15) is 4.88 Å². The molecule has 7 nitrogen and oxygen atoms in total. The van der Waals surface area contributed by atoms with Crippen molar-refractivity contribution < 1.29 is 4.79 Å². The Balaban J connectivity index is 1.78. The number of pyridine rings is 1. The Bertz CT molecular complexity index is 836. The lowest BCUT2D eigenvalue weighted by molar-refractivity contribution is 0.102. The van der Waals surface area contributed by atoms with Crippen LogP contribution in [0.25, 0.3) is 5.82 Å². The van der Waals surface area contributed by atoms with Gasteiger partial charge < -0.3 is 5.32 Å². The molecular weight excluding hydrogens is 312 g/mol. The monoisotopic (exact) mass is 328 g/mol. The minimum absolute atomic E-state index is 0.211. The molecule has 8 heteroatoms. The number of aromatic nitrogens is 5. The highest BCUT2D eigenvalue weighted by molar-refractivity contribution is 7.08. The van der Waals surface area contributed by atoms with Gasteiger partial charge in [0.25, 0.3) is 5.91 Å². The third-order valence-corrected chi connectivity index (χ3v) is 4.10. The van der Waals surface area contributed by atoms with Gasteiger partial charge in [-0.1, -0.05) is 11.4 Å². The Morgan fingerprint density at radius 1 is 1.35 bits per heavy atom. The Morgan fingerprint density at radius 2 is 2.17 bits per heavy atom. The van der Waals surface area contributed by atoms with Crippen molar-refractivity contribution in [1.82, 2.24) is 24.4 Å². The number of nitrogens with zero attached hydrogens (tertiary/aromatic N) is 5. The fourth-order valence-electron chi connectivity index (χ4n) is 2.25. The summed E-state index contributed by atoms with van der Waals surface area (Å²) in [6, 6.07) is 5.61. The lowest BCUT2D eigenvalue weighted by Crippen LogP contribution is -2.13. The molecule has 0 saturated carbocycles. The Kier molecular flexibility index (Phi) is 4.16. The molecule has 3 aromatic rings. The highest BCUT2D eigenvalue weighted by Gasteiger charge is 2.15. The molecule has 0 bridgehead atoms. The molecule has 3 aromatic heterocycles. The fourth-order valence-corrected chi connectivity index (χ4v) is 2.89. The highest BCUT2D eigenvalue weighted by atomic mass is 32.1. The lowest BCUT2D eigenvalue weighted by atomic mass is 10.3. The number of rotatable bonds is 4. The first-order chi connectivity index (χ1) is 11.1. The summed E-state index contributed by atoms with van der Waals surface area (Å²) in [5, 5.41) is 11.1. The third-order valence-electron chi connectivity index (χ3n) is 3.33. The Hall–Kier alpha value is -2.61. The maximum atomic E-state index is 12.2. The molecule has 3 rings (SSSR count). The number of anilines is 1. The van der Waals surface area contributed by atoms with E-state index >= 15 is 0 Å². The van der Waals surface area contributed by atoms with Crippen LogP contribution in [-0.4, -0.2) is 30.3 Å². The lowest BCUT2D eigenvalue weighted by Gasteiger charge is -2.06. The van der Waals surface area contributed by atoms with Crippen molar-refractivity contribution >= 4 is 23.1 Å². The maximum Gasteiger partial charge on any atom is 0.269 e. The van der Waals surface area contributed by atoms with Gasteiger partial charge in [-0.25, -0.2) is 9.67 Å². The number of aryl methyl sites for hydroxylation is 3. The van der Waals surface area contributed by atoms with Gasteiger partial charge in [-0.05, 0) is 50.0 Å². The van der Waals surface area contributed by atoms with Crippen LogP contribution in [-0.2, 0) is 6.42 Å². The second-order valence-corrected chi connectivity index (χ2v) is 5.85. The molecule has 0 saturated heterocycles. The van der Waals surface area contributed by atoms with Crippen molar-refractivity contribution in [3.05, 3.63) is 46.4 Å². The molecule has 1 amide bonds. The van der Waals surface area contributed by atoms with E-state index in [1.54, 1.807) is 16.9 Å². The zero-order valence-corrected chi connectivity index (χ0v) is 13.9. The average molecular weight is 328 g/mol. The quantitative estimate of drug-likeness (QED) is 0.795. The van der Waals surface area contributed by atoms with E-state index in [-0.39, 0.29) is 5.91 Å². The van der Waals surface area contributed by atoms with Gasteiger partial charge in [0.15, 0.2) is 5.82 Å². The van der Waals surface area contributed by atoms with E-state index in [1.807, 2.05) is 32.9 Å². The van der Waals surface area contributed by atoms with Gasteiger partial charge in [0.05, 0.1) is 23.3 Å². The molecule has 3 heterocycles. The summed E-state index contributed by atoms with van der Waals surface area (Å²) in [4.78, 5) is 17.1. The van der Waals surface area contributed by atoms with Crippen LogP contribution >= 0.6 is 11.5 Å². The fraction of sp³-hybridized carbons (Fsp3) is 0.267. The standard InChI is InChI=1S/C15H16N6OS/c1-4-12-14(23-20-18-12)15(22)17-11-5-6-13(16-8-11)21-10(3)7-9(2)19-21/h5-8H,4H2,1-3H3,(H,17,22). The highest BCUT2D eigenvalue weighted by Crippen LogP contribution is 2.16. The number of nitrogens with one attached hydrogen (secondary N) is 1. The summed E-state index contributed by atoms with van der Waals surface area (Å²) in [5.41, 5.74) is 3.28. The van der Waals surface area contributed by atoms with Gasteiger partial charge in [-0.3, -0.25) is 4.79 Å². The van der Waals surface area contributed by atoms with E-state index in [0.29, 0.717) is 28.5 Å². The van der Waals surface area contributed by atoms with E-state index in [1.165, 1.54) is 0 Å². The molecular formula is C15H16N6OS. The first kappa shape index (κ1) is 15.3. The van der Waals surface area contributed by atoms with Gasteiger partial charge in [-0.2, -0.15) is 5.10 Å². The summed E-state index contributed by atoms with van der Waals surface area (Å²) in [6.45, 7) is 5.85. The molecule has 0 unspecified atom stereocenters. The Morgan fingerprint density at radius 3 is 2.78 bits per heavy atom. The zero-order valence-electron chi connectivity index (χ0n) is 13.1. The molecule has 23 heavy (non-hydrogen) atoms. The first-order valence-corrected chi connectivity index (χ1v) is 7.98. The number of hydrogen-bond donors (Lipinski definition) is 1. The van der Waals surface area contributed by atoms with Crippen LogP contribution < -0.4 is 5.32 Å². The number of carbonyl (C=O) groups excluding carboxylic acids is 1. The van der Waals surface area contributed by atoms with E-state index in [2.05, 4.69) is 25.0 Å². The van der Waals surface area contributed by atoms with Crippen LogP contribution in [0.2, 0.25) is 0 Å². The van der Waals surface area contributed by atoms with Crippen molar-refractivity contribution in [3.8, 4) is 5.82 Å². The predicted octanol–water partition coefficient (Wildman–Crippen LogP) is 2.55. The van der Waals surface area contributed by atoms with E-state index in [4.69, 9.17) is 0 Å². The van der Waals surface area contributed by atoms with Crippen molar-refractivity contribution in [2.75, 3.05) is 5.32 Å². The van der Waals surface area contributed by atoms with Gasteiger partial charge in [0.2, 0.25) is 0 Å². The molecule has 0 spiro atoms. The van der Waals surface area contributed by atoms with Crippen LogP contribution in [0.4, 0.5) is 5.69 Å². The first-order valence-electron chi connectivity index (χ1n) is 7.20. The minimum Gasteiger partial charge on any atom is -0.320 e. The molecule has 0 atom stereocenters. The molecule has 1 N–H and O–H groups in total. The SMILES string of the molecule is CCc1nnsc1C(=O)Nc1ccc(-n2nc(C)cc2C)nc1. The van der Waals surface area contributed by atoms with Crippen LogP contribution in [0.15, 0.2) is 24.4 Å². The summed E-state index contributed by atoms with van der Waals surface area (Å²) in [5.74, 6) is 0.500. The summed E-state index contributed by atoms with van der Waals surface area (Å²) in [7, 11) is 0. The predicted molar refractivity (Wildman–Crippen MR) is 88.1 cm³/mol. The van der Waals surface area contributed by atoms with E-state index < -0.39 is 0 Å². The molecule has 0 radical (unpaired) electrons. The maximum absolute atomic E-state index is 12.2. The van der Waals surface area contributed by atoms with Crippen LogP contribution in [0.3, 0.4) is 0 Å². The zero-order chi connectivity index (χ0) is 16.4. The normalized spacial score (nSPS) is 10.7. The second-order valence-electron chi connectivity index (χ2n) is 5.10. The summed E-state index contributed by atoms with van der Waals surface area (Å²) >= 11 is 1.10.